The molecule has 0 aromatic heterocycles. The van der Waals surface area contributed by atoms with Crippen LogP contribution in [0, 0.1) is 19.8 Å². The minimum Gasteiger partial charge on any atom is -0.493 e. The second-order valence-electron chi connectivity index (χ2n) is 8.88. The van der Waals surface area contributed by atoms with Gasteiger partial charge in [0.25, 0.3) is 11.8 Å². The van der Waals surface area contributed by atoms with Gasteiger partial charge in [-0.2, -0.15) is 0 Å². The Morgan fingerprint density at radius 1 is 0.935 bits per heavy atom. The zero-order chi connectivity index (χ0) is 22.1. The average molecular weight is 419 g/mol. The van der Waals surface area contributed by atoms with Gasteiger partial charge in [0, 0.05) is 13.1 Å². The maximum absolute atomic E-state index is 13.6. The standard InChI is InChI=1S/C26H30N2O3/c1-17(2)16-31-21-10-8-20(9-11-21)23-24(27-13-5-6-14-27)26(30)28(25(23)29)22-12-7-18(3)15-19(22)4/h7-12,15,17H,5-6,13-14,16H2,1-4H3. The summed E-state index contributed by atoms with van der Waals surface area (Å²) in [4.78, 5) is 30.6. The van der Waals surface area contributed by atoms with Crippen LogP contribution in [0.1, 0.15) is 43.4 Å². The highest BCUT2D eigenvalue weighted by molar-refractivity contribution is 6.45. The number of aryl methyl sites for hydroxylation is 2. The number of likely N-dealkylation sites (tertiary alicyclic amines) is 1. The molecule has 162 valence electrons. The Bertz CT molecular complexity index is 1030. The fraction of sp³-hybridized carbons (Fsp3) is 0.385. The van der Waals surface area contributed by atoms with Crippen LogP contribution in [-0.2, 0) is 9.59 Å². The molecular formula is C26H30N2O3. The Morgan fingerprint density at radius 2 is 1.61 bits per heavy atom. The predicted molar refractivity (Wildman–Crippen MR) is 123 cm³/mol. The molecule has 2 aromatic rings. The van der Waals surface area contributed by atoms with E-state index in [-0.39, 0.29) is 11.8 Å². The summed E-state index contributed by atoms with van der Waals surface area (Å²) in [6, 6.07) is 13.3. The lowest BCUT2D eigenvalue weighted by molar-refractivity contribution is -0.120. The largest absolute Gasteiger partial charge is 0.493 e. The summed E-state index contributed by atoms with van der Waals surface area (Å²) in [5, 5.41) is 0. The summed E-state index contributed by atoms with van der Waals surface area (Å²) >= 11 is 0. The van der Waals surface area contributed by atoms with Gasteiger partial charge < -0.3 is 9.64 Å². The smallest absolute Gasteiger partial charge is 0.282 e. The number of hydrogen-bond acceptors (Lipinski definition) is 4. The molecule has 0 aliphatic carbocycles. The van der Waals surface area contributed by atoms with Gasteiger partial charge in [-0.1, -0.05) is 43.7 Å². The number of hydrogen-bond donors (Lipinski definition) is 0. The molecular weight excluding hydrogens is 388 g/mol. The van der Waals surface area contributed by atoms with Crippen molar-refractivity contribution in [2.45, 2.75) is 40.5 Å². The fourth-order valence-corrected chi connectivity index (χ4v) is 4.27. The number of carbonyl (C=O) groups is 2. The van der Waals surface area contributed by atoms with E-state index in [1.165, 1.54) is 4.90 Å². The van der Waals surface area contributed by atoms with Gasteiger partial charge in [-0.15, -0.1) is 0 Å². The monoisotopic (exact) mass is 418 g/mol. The lowest BCUT2D eigenvalue weighted by Gasteiger charge is -2.21. The SMILES string of the molecule is Cc1ccc(N2C(=O)C(c3ccc(OCC(C)C)cc3)=C(N3CCCC3)C2=O)c(C)c1. The number of imide groups is 1. The molecule has 2 aromatic carbocycles. The Kier molecular flexibility index (Phi) is 5.86. The van der Waals surface area contributed by atoms with Crippen molar-refractivity contribution in [2.24, 2.45) is 5.92 Å². The summed E-state index contributed by atoms with van der Waals surface area (Å²) in [5.74, 6) is 0.719. The number of anilines is 1. The number of amides is 2. The molecule has 0 bridgehead atoms. The second kappa shape index (κ2) is 8.58. The van der Waals surface area contributed by atoms with E-state index < -0.39 is 0 Å². The van der Waals surface area contributed by atoms with Gasteiger partial charge in [-0.05, 0) is 61.9 Å². The normalized spacial score (nSPS) is 16.8. The summed E-state index contributed by atoms with van der Waals surface area (Å²) in [5.41, 5.74) is 4.45. The van der Waals surface area contributed by atoms with Crippen molar-refractivity contribution in [2.75, 3.05) is 24.6 Å². The maximum Gasteiger partial charge on any atom is 0.282 e. The van der Waals surface area contributed by atoms with Gasteiger partial charge in [0.05, 0.1) is 17.9 Å². The number of nitrogens with zero attached hydrogens (tertiary/aromatic N) is 2. The van der Waals surface area contributed by atoms with Crippen LogP contribution >= 0.6 is 0 Å². The summed E-state index contributed by atoms with van der Waals surface area (Å²) in [6.45, 7) is 10.4. The number of carbonyl (C=O) groups excluding carboxylic acids is 2. The van der Waals surface area contributed by atoms with Gasteiger partial charge >= 0.3 is 0 Å². The number of ether oxygens (including phenoxy) is 1. The predicted octanol–water partition coefficient (Wildman–Crippen LogP) is 4.72. The highest BCUT2D eigenvalue weighted by Gasteiger charge is 2.43. The molecule has 1 fully saturated rings. The first-order valence-corrected chi connectivity index (χ1v) is 11.1. The molecule has 5 nitrogen and oxygen atoms in total. The zero-order valence-electron chi connectivity index (χ0n) is 18.8. The summed E-state index contributed by atoms with van der Waals surface area (Å²) in [7, 11) is 0. The van der Waals surface area contributed by atoms with Gasteiger partial charge in [-0.3, -0.25) is 9.59 Å². The van der Waals surface area contributed by atoms with Crippen molar-refractivity contribution in [1.82, 2.24) is 4.90 Å². The molecule has 2 aliphatic rings. The summed E-state index contributed by atoms with van der Waals surface area (Å²) < 4.78 is 5.79. The minimum absolute atomic E-state index is 0.228. The Balaban J connectivity index is 1.73. The number of benzene rings is 2. The topological polar surface area (TPSA) is 49.9 Å². The third-order valence-corrected chi connectivity index (χ3v) is 5.80. The second-order valence-corrected chi connectivity index (χ2v) is 8.88. The molecule has 0 radical (unpaired) electrons. The molecule has 0 spiro atoms. The molecule has 0 saturated carbocycles. The van der Waals surface area contributed by atoms with Crippen molar-refractivity contribution < 1.29 is 14.3 Å². The molecule has 5 heteroatoms. The van der Waals surface area contributed by atoms with Crippen LogP contribution in [0.3, 0.4) is 0 Å². The maximum atomic E-state index is 13.6. The van der Waals surface area contributed by atoms with E-state index in [1.54, 1.807) is 0 Å². The van der Waals surface area contributed by atoms with E-state index in [2.05, 4.69) is 18.7 Å². The van der Waals surface area contributed by atoms with Crippen LogP contribution in [0.4, 0.5) is 5.69 Å². The molecule has 0 atom stereocenters. The lowest BCUT2D eigenvalue weighted by Crippen LogP contribution is -2.35. The van der Waals surface area contributed by atoms with Crippen molar-refractivity contribution in [3.63, 3.8) is 0 Å². The quantitative estimate of drug-likeness (QED) is 0.637. The lowest BCUT2D eigenvalue weighted by atomic mass is 10.0. The third kappa shape index (κ3) is 4.09. The molecule has 0 unspecified atom stereocenters. The van der Waals surface area contributed by atoms with Crippen LogP contribution in [-0.4, -0.2) is 36.4 Å². The van der Waals surface area contributed by atoms with Gasteiger partial charge in [-0.25, -0.2) is 4.90 Å². The molecule has 1 saturated heterocycles. The van der Waals surface area contributed by atoms with Gasteiger partial charge in [0.1, 0.15) is 11.4 Å². The molecule has 2 amide bonds. The van der Waals surface area contributed by atoms with Crippen LogP contribution in [0.25, 0.3) is 5.57 Å². The molecule has 31 heavy (non-hydrogen) atoms. The first-order chi connectivity index (χ1) is 14.9. The van der Waals surface area contributed by atoms with E-state index in [0.29, 0.717) is 29.5 Å². The Morgan fingerprint density at radius 3 is 2.23 bits per heavy atom. The van der Waals surface area contributed by atoms with E-state index in [9.17, 15) is 9.59 Å². The summed E-state index contributed by atoms with van der Waals surface area (Å²) in [6.07, 6.45) is 2.06. The van der Waals surface area contributed by atoms with E-state index in [0.717, 1.165) is 48.4 Å². The van der Waals surface area contributed by atoms with E-state index in [4.69, 9.17) is 4.74 Å². The van der Waals surface area contributed by atoms with E-state index >= 15 is 0 Å². The van der Waals surface area contributed by atoms with Crippen molar-refractivity contribution in [3.05, 3.63) is 64.9 Å². The average Bonchev–Trinajstić information content (AvgIpc) is 3.34. The highest BCUT2D eigenvalue weighted by Crippen LogP contribution is 2.37. The zero-order valence-corrected chi connectivity index (χ0v) is 18.8. The van der Waals surface area contributed by atoms with Crippen LogP contribution in [0.15, 0.2) is 48.2 Å². The van der Waals surface area contributed by atoms with Crippen molar-refractivity contribution in [1.29, 1.82) is 0 Å². The van der Waals surface area contributed by atoms with Gasteiger partial charge in [0.2, 0.25) is 0 Å². The van der Waals surface area contributed by atoms with Crippen LogP contribution in [0.5, 0.6) is 5.75 Å². The molecule has 4 rings (SSSR count). The molecule has 0 N–H and O–H groups in total. The molecule has 2 aliphatic heterocycles. The third-order valence-electron chi connectivity index (χ3n) is 5.80. The number of rotatable bonds is 6. The Hall–Kier alpha value is -3.08. The first kappa shape index (κ1) is 21.2. The first-order valence-electron chi connectivity index (χ1n) is 11.1. The van der Waals surface area contributed by atoms with Crippen LogP contribution < -0.4 is 9.64 Å². The fourth-order valence-electron chi connectivity index (χ4n) is 4.27. The van der Waals surface area contributed by atoms with Crippen molar-refractivity contribution in [3.8, 4) is 5.75 Å². The Labute approximate surface area is 184 Å². The minimum atomic E-state index is -0.255. The van der Waals surface area contributed by atoms with Crippen molar-refractivity contribution >= 4 is 23.1 Å². The van der Waals surface area contributed by atoms with E-state index in [1.807, 2.05) is 56.3 Å². The van der Waals surface area contributed by atoms with Gasteiger partial charge in [0.15, 0.2) is 0 Å². The molecule has 2 heterocycles. The highest BCUT2D eigenvalue weighted by atomic mass is 16.5. The van der Waals surface area contributed by atoms with Crippen LogP contribution in [0.2, 0.25) is 0 Å².